The van der Waals surface area contributed by atoms with Crippen LogP contribution in [0.4, 0.5) is 5.69 Å². The average Bonchev–Trinajstić information content (AvgIpc) is 2.98. The number of nitrogens with zero attached hydrogens (tertiary/aromatic N) is 1. The number of carbonyl (C=O) groups is 4. The van der Waals surface area contributed by atoms with Crippen molar-refractivity contribution in [3.05, 3.63) is 76.9 Å². The number of ketones is 1. The van der Waals surface area contributed by atoms with E-state index in [1.54, 1.807) is 38.1 Å². The highest BCUT2D eigenvalue weighted by Crippen LogP contribution is 2.30. The maximum atomic E-state index is 13.1. The molecule has 1 unspecified atom stereocenters. The molecule has 1 atom stereocenters. The van der Waals surface area contributed by atoms with E-state index in [0.29, 0.717) is 29.7 Å². The van der Waals surface area contributed by atoms with Crippen LogP contribution in [0, 0.1) is 6.92 Å². The molecule has 0 saturated heterocycles. The number of benzene rings is 2. The Labute approximate surface area is 181 Å². The molecule has 1 heterocycles. The van der Waals surface area contributed by atoms with Crippen molar-refractivity contribution < 1.29 is 19.2 Å². The second-order valence-corrected chi connectivity index (χ2v) is 7.85. The number of Topliss-reactive ketones (excluding diaryl/α,β-unsaturated/α-hetero) is 1. The highest BCUT2D eigenvalue weighted by atomic mass is 16.2. The average molecular weight is 418 g/mol. The van der Waals surface area contributed by atoms with Crippen molar-refractivity contribution in [2.24, 2.45) is 0 Å². The van der Waals surface area contributed by atoms with Crippen molar-refractivity contribution in [1.82, 2.24) is 4.90 Å². The van der Waals surface area contributed by atoms with Crippen LogP contribution in [0.2, 0.25) is 0 Å². The molecule has 0 bridgehead atoms. The highest BCUT2D eigenvalue weighted by Gasteiger charge is 2.40. The van der Waals surface area contributed by atoms with Gasteiger partial charge in [-0.05, 0) is 50.6 Å². The zero-order valence-corrected chi connectivity index (χ0v) is 18.0. The Hall–Kier alpha value is -3.54. The van der Waals surface area contributed by atoms with Gasteiger partial charge in [0.05, 0.1) is 17.2 Å². The number of rotatable bonds is 8. The molecule has 0 radical (unpaired) electrons. The quantitative estimate of drug-likeness (QED) is 0.504. The lowest BCUT2D eigenvalue weighted by atomic mass is 10.0. The first-order chi connectivity index (χ1) is 14.7. The fourth-order valence-corrected chi connectivity index (χ4v) is 3.60. The molecule has 6 nitrogen and oxygen atoms in total. The van der Waals surface area contributed by atoms with E-state index in [0.717, 1.165) is 5.56 Å². The van der Waals surface area contributed by atoms with E-state index in [9.17, 15) is 19.2 Å². The third-order valence-corrected chi connectivity index (χ3v) is 5.46. The molecule has 0 saturated carbocycles. The molecule has 0 aliphatic carbocycles. The van der Waals surface area contributed by atoms with Crippen molar-refractivity contribution in [3.63, 3.8) is 0 Å². The van der Waals surface area contributed by atoms with Crippen LogP contribution in [0.15, 0.2) is 54.6 Å². The molecule has 31 heavy (non-hydrogen) atoms. The predicted octanol–water partition coefficient (Wildman–Crippen LogP) is 4.55. The Bertz CT molecular complexity index is 1070. The largest absolute Gasteiger partial charge is 0.322 e. The van der Waals surface area contributed by atoms with Crippen LogP contribution < -0.4 is 5.32 Å². The number of carbonyl (C=O) groups excluding carboxylic acids is 4. The van der Waals surface area contributed by atoms with Crippen molar-refractivity contribution >= 4 is 29.2 Å². The molecular formula is C25H26N2O4. The van der Waals surface area contributed by atoms with E-state index >= 15 is 0 Å². The van der Waals surface area contributed by atoms with Gasteiger partial charge < -0.3 is 5.32 Å². The fourth-order valence-electron chi connectivity index (χ4n) is 3.60. The molecule has 6 heteroatoms. The van der Waals surface area contributed by atoms with Crippen molar-refractivity contribution in [1.29, 1.82) is 0 Å². The van der Waals surface area contributed by atoms with Crippen LogP contribution in [-0.4, -0.2) is 34.4 Å². The second-order valence-electron chi connectivity index (χ2n) is 7.85. The smallest absolute Gasteiger partial charge is 0.262 e. The van der Waals surface area contributed by atoms with Gasteiger partial charge in [-0.25, -0.2) is 0 Å². The summed E-state index contributed by atoms with van der Waals surface area (Å²) in [5, 5.41) is 2.77. The molecule has 0 fully saturated rings. The maximum absolute atomic E-state index is 13.1. The lowest BCUT2D eigenvalue weighted by Crippen LogP contribution is -2.40. The molecule has 2 aromatic carbocycles. The summed E-state index contributed by atoms with van der Waals surface area (Å²) in [7, 11) is 0. The summed E-state index contributed by atoms with van der Waals surface area (Å²) in [6, 6.07) is 11.3. The number of anilines is 1. The third-order valence-electron chi connectivity index (χ3n) is 5.46. The van der Waals surface area contributed by atoms with E-state index in [1.807, 2.05) is 19.1 Å². The lowest BCUT2D eigenvalue weighted by molar-refractivity contribution is -0.119. The van der Waals surface area contributed by atoms with Crippen LogP contribution in [0.5, 0.6) is 0 Å². The Morgan fingerprint density at radius 1 is 1.03 bits per heavy atom. The standard InChI is InChI=1S/C25H26N2O4/c1-5-19(28)11-13-22(15(2)3)27-24(30)20-12-10-18(14-21(20)25(27)31)26-23(29)17-8-6-16(4)7-9-17/h6-10,12,14,22H,2,5,11,13H2,1,3-4H3,(H,26,29). The number of amides is 3. The summed E-state index contributed by atoms with van der Waals surface area (Å²) in [4.78, 5) is 51.5. The van der Waals surface area contributed by atoms with E-state index in [-0.39, 0.29) is 29.2 Å². The minimum Gasteiger partial charge on any atom is -0.322 e. The zero-order valence-electron chi connectivity index (χ0n) is 18.0. The van der Waals surface area contributed by atoms with Crippen LogP contribution in [0.3, 0.4) is 0 Å². The van der Waals surface area contributed by atoms with E-state index < -0.39 is 17.9 Å². The monoisotopic (exact) mass is 418 g/mol. The minimum atomic E-state index is -0.548. The number of imide groups is 1. The first-order valence-corrected chi connectivity index (χ1v) is 10.3. The molecule has 2 aromatic rings. The Morgan fingerprint density at radius 3 is 2.29 bits per heavy atom. The summed E-state index contributed by atoms with van der Waals surface area (Å²) < 4.78 is 0. The van der Waals surface area contributed by atoms with Crippen molar-refractivity contribution in [2.75, 3.05) is 5.32 Å². The van der Waals surface area contributed by atoms with Gasteiger partial charge in [0.1, 0.15) is 5.78 Å². The van der Waals surface area contributed by atoms with Crippen LogP contribution in [-0.2, 0) is 4.79 Å². The number of fused-ring (bicyclic) bond motifs is 1. The van der Waals surface area contributed by atoms with Gasteiger partial charge in [0.25, 0.3) is 17.7 Å². The number of nitrogens with one attached hydrogen (secondary N) is 1. The van der Waals surface area contributed by atoms with Gasteiger partial charge in [0.2, 0.25) is 0 Å². The fraction of sp³-hybridized carbons (Fsp3) is 0.280. The summed E-state index contributed by atoms with van der Waals surface area (Å²) >= 11 is 0. The van der Waals surface area contributed by atoms with Crippen molar-refractivity contribution in [3.8, 4) is 0 Å². The molecule has 0 spiro atoms. The van der Waals surface area contributed by atoms with Gasteiger partial charge in [-0.1, -0.05) is 36.8 Å². The SMILES string of the molecule is C=C(C)C(CCC(=O)CC)N1C(=O)c2ccc(NC(=O)c3ccc(C)cc3)cc2C1=O. The van der Waals surface area contributed by atoms with Crippen LogP contribution in [0.1, 0.15) is 69.7 Å². The van der Waals surface area contributed by atoms with Crippen molar-refractivity contribution in [2.45, 2.75) is 46.1 Å². The van der Waals surface area contributed by atoms with E-state index in [4.69, 9.17) is 0 Å². The lowest BCUT2D eigenvalue weighted by Gasteiger charge is -2.26. The Kier molecular flexibility index (Phi) is 6.49. The first-order valence-electron chi connectivity index (χ1n) is 10.3. The maximum Gasteiger partial charge on any atom is 0.262 e. The number of hydrogen-bond acceptors (Lipinski definition) is 4. The minimum absolute atomic E-state index is 0.0731. The topological polar surface area (TPSA) is 83.6 Å². The molecule has 3 amide bonds. The van der Waals surface area contributed by atoms with E-state index in [1.165, 1.54) is 11.0 Å². The van der Waals surface area contributed by atoms with Gasteiger partial charge in [-0.3, -0.25) is 24.1 Å². The van der Waals surface area contributed by atoms with Crippen LogP contribution >= 0.6 is 0 Å². The second kappa shape index (κ2) is 9.08. The normalized spacial score (nSPS) is 13.7. The predicted molar refractivity (Wildman–Crippen MR) is 119 cm³/mol. The Morgan fingerprint density at radius 2 is 1.68 bits per heavy atom. The molecule has 160 valence electrons. The summed E-state index contributed by atoms with van der Waals surface area (Å²) in [6.07, 6.45) is 1.04. The molecular weight excluding hydrogens is 392 g/mol. The molecule has 0 aromatic heterocycles. The molecule has 1 aliphatic rings. The van der Waals surface area contributed by atoms with Crippen LogP contribution in [0.25, 0.3) is 0 Å². The molecule has 1 aliphatic heterocycles. The van der Waals surface area contributed by atoms with Gasteiger partial charge in [0.15, 0.2) is 0 Å². The Balaban J connectivity index is 1.82. The first kappa shape index (κ1) is 22.2. The zero-order chi connectivity index (χ0) is 22.7. The molecule has 1 N–H and O–H groups in total. The summed E-state index contributed by atoms with van der Waals surface area (Å²) in [5.74, 6) is -1.08. The summed E-state index contributed by atoms with van der Waals surface area (Å²) in [6.45, 7) is 9.39. The van der Waals surface area contributed by atoms with Gasteiger partial charge in [0, 0.05) is 24.1 Å². The third kappa shape index (κ3) is 4.63. The molecule has 3 rings (SSSR count). The summed E-state index contributed by atoms with van der Waals surface area (Å²) in [5.41, 5.74) is 3.14. The van der Waals surface area contributed by atoms with Gasteiger partial charge in [-0.15, -0.1) is 0 Å². The van der Waals surface area contributed by atoms with Gasteiger partial charge >= 0.3 is 0 Å². The van der Waals surface area contributed by atoms with Gasteiger partial charge in [-0.2, -0.15) is 0 Å². The number of hydrogen-bond donors (Lipinski definition) is 1. The highest BCUT2D eigenvalue weighted by molar-refractivity contribution is 6.22. The number of aryl methyl sites for hydroxylation is 1. The van der Waals surface area contributed by atoms with E-state index in [2.05, 4.69) is 11.9 Å².